The van der Waals surface area contributed by atoms with Gasteiger partial charge in [-0.05, 0) is 42.3 Å². The van der Waals surface area contributed by atoms with Gasteiger partial charge in [0, 0.05) is 37.6 Å². The van der Waals surface area contributed by atoms with Crippen LogP contribution < -0.4 is 15.1 Å². The minimum atomic E-state index is -2.17. The molecule has 0 bridgehead atoms. The van der Waals surface area contributed by atoms with Gasteiger partial charge in [0.2, 0.25) is 11.7 Å². The summed E-state index contributed by atoms with van der Waals surface area (Å²) < 4.78 is 69.2. The second-order valence-electron chi connectivity index (χ2n) is 9.75. The van der Waals surface area contributed by atoms with Gasteiger partial charge in [-0.3, -0.25) is 4.79 Å². The molecule has 0 aromatic heterocycles. The predicted molar refractivity (Wildman–Crippen MR) is 145 cm³/mol. The minimum absolute atomic E-state index is 0.0589. The molecule has 0 atom stereocenters. The number of hydrogen-bond donors (Lipinski definition) is 1. The summed E-state index contributed by atoms with van der Waals surface area (Å²) in [6, 6.07) is 26.2. The van der Waals surface area contributed by atoms with Crippen molar-refractivity contribution in [3.63, 3.8) is 0 Å². The summed E-state index contributed by atoms with van der Waals surface area (Å²) in [4.78, 5) is 16.8. The third-order valence-electron chi connectivity index (χ3n) is 7.43. The molecule has 1 heterocycles. The molecule has 40 heavy (non-hydrogen) atoms. The third-order valence-corrected chi connectivity index (χ3v) is 7.43. The van der Waals surface area contributed by atoms with Crippen LogP contribution in [0.4, 0.5) is 39.0 Å². The van der Waals surface area contributed by atoms with Crippen LogP contribution in [-0.2, 0) is 10.2 Å². The van der Waals surface area contributed by atoms with Crippen molar-refractivity contribution in [1.29, 1.82) is 0 Å². The average Bonchev–Trinajstić information content (AvgIpc) is 3.00. The lowest BCUT2D eigenvalue weighted by Gasteiger charge is -2.37. The Morgan fingerprint density at radius 3 is 1.52 bits per heavy atom. The molecule has 1 fully saturated rings. The summed E-state index contributed by atoms with van der Waals surface area (Å²) in [6.07, 6.45) is 0. The molecule has 0 spiro atoms. The highest BCUT2D eigenvalue weighted by atomic mass is 19.2. The molecule has 9 heteroatoms. The zero-order valence-corrected chi connectivity index (χ0v) is 21.6. The molecule has 1 amide bonds. The van der Waals surface area contributed by atoms with Crippen LogP contribution in [0.3, 0.4) is 0 Å². The van der Waals surface area contributed by atoms with Crippen LogP contribution in [0.15, 0.2) is 84.9 Å². The van der Waals surface area contributed by atoms with Crippen molar-refractivity contribution in [1.82, 2.24) is 0 Å². The number of carbonyl (C=O) groups excluding carboxylic acids is 1. The number of carbonyl (C=O) groups is 1. The number of nitrogens with one attached hydrogen (secondary N) is 1. The smallest absolute Gasteiger partial charge is 0.239 e. The van der Waals surface area contributed by atoms with Crippen molar-refractivity contribution >= 4 is 23.0 Å². The number of anilines is 3. The summed E-state index contributed by atoms with van der Waals surface area (Å²) in [5.41, 5.74) is 1.23. The molecule has 1 N–H and O–H groups in total. The molecule has 1 aliphatic heterocycles. The van der Waals surface area contributed by atoms with Gasteiger partial charge in [0.25, 0.3) is 0 Å². The SMILES string of the molecule is CC(C(=O)Nc1ccc(N2CCN(c3c(F)c(F)c(F)c(F)c3F)CC2)cc1)(c1ccccc1)c1ccccc1. The Morgan fingerprint density at radius 2 is 1.05 bits per heavy atom. The van der Waals surface area contributed by atoms with Crippen molar-refractivity contribution in [3.05, 3.63) is 125 Å². The predicted octanol–water partition coefficient (Wildman–Crippen LogP) is 6.65. The number of rotatable bonds is 6. The van der Waals surface area contributed by atoms with Gasteiger partial charge >= 0.3 is 0 Å². The van der Waals surface area contributed by atoms with Gasteiger partial charge in [0.15, 0.2) is 23.3 Å². The molecule has 4 aromatic carbocycles. The molecule has 0 saturated carbocycles. The fraction of sp³-hybridized carbons (Fsp3) is 0.194. The van der Waals surface area contributed by atoms with Crippen LogP contribution in [0.5, 0.6) is 0 Å². The molecule has 5 rings (SSSR count). The first-order chi connectivity index (χ1) is 19.2. The Labute approximate surface area is 228 Å². The van der Waals surface area contributed by atoms with E-state index in [-0.39, 0.29) is 19.0 Å². The van der Waals surface area contributed by atoms with Crippen LogP contribution in [-0.4, -0.2) is 32.1 Å². The van der Waals surface area contributed by atoms with Crippen molar-refractivity contribution in [2.75, 3.05) is 41.3 Å². The molecule has 4 nitrogen and oxygen atoms in total. The Bertz CT molecular complexity index is 1440. The van der Waals surface area contributed by atoms with Crippen molar-refractivity contribution in [2.24, 2.45) is 0 Å². The lowest BCUT2D eigenvalue weighted by Crippen LogP contribution is -2.47. The molecule has 0 unspecified atom stereocenters. The van der Waals surface area contributed by atoms with Crippen LogP contribution >= 0.6 is 0 Å². The number of halogens is 5. The van der Waals surface area contributed by atoms with Gasteiger partial charge < -0.3 is 15.1 Å². The second kappa shape index (κ2) is 11.0. The van der Waals surface area contributed by atoms with Crippen LogP contribution in [0.2, 0.25) is 0 Å². The first-order valence-corrected chi connectivity index (χ1v) is 12.8. The molecule has 206 valence electrons. The Morgan fingerprint density at radius 1 is 0.625 bits per heavy atom. The Balaban J connectivity index is 1.29. The number of hydrogen-bond acceptors (Lipinski definition) is 3. The van der Waals surface area contributed by atoms with Gasteiger partial charge in [-0.1, -0.05) is 60.7 Å². The maximum absolute atomic E-state index is 14.2. The van der Waals surface area contributed by atoms with E-state index < -0.39 is 40.2 Å². The van der Waals surface area contributed by atoms with Crippen molar-refractivity contribution in [2.45, 2.75) is 12.3 Å². The fourth-order valence-corrected chi connectivity index (χ4v) is 5.04. The topological polar surface area (TPSA) is 35.6 Å². The summed E-state index contributed by atoms with van der Waals surface area (Å²) in [5.74, 6) is -9.94. The number of nitrogens with zero attached hydrogens (tertiary/aromatic N) is 2. The highest BCUT2D eigenvalue weighted by Gasteiger charge is 2.37. The molecule has 0 aliphatic carbocycles. The number of piperazine rings is 1. The quantitative estimate of drug-likeness (QED) is 0.166. The largest absolute Gasteiger partial charge is 0.368 e. The van der Waals surface area contributed by atoms with Crippen LogP contribution in [0.1, 0.15) is 18.1 Å². The lowest BCUT2D eigenvalue weighted by molar-refractivity contribution is -0.119. The molecule has 0 radical (unpaired) electrons. The summed E-state index contributed by atoms with van der Waals surface area (Å²) in [7, 11) is 0. The monoisotopic (exact) mass is 551 g/mol. The second-order valence-corrected chi connectivity index (χ2v) is 9.75. The maximum Gasteiger partial charge on any atom is 0.239 e. The minimum Gasteiger partial charge on any atom is -0.368 e. The van der Waals surface area contributed by atoms with Crippen LogP contribution in [0.25, 0.3) is 0 Å². The van der Waals surface area contributed by atoms with Gasteiger partial charge in [0.1, 0.15) is 5.69 Å². The maximum atomic E-state index is 14.2. The summed E-state index contributed by atoms with van der Waals surface area (Å²) >= 11 is 0. The molecule has 1 aliphatic rings. The zero-order valence-electron chi connectivity index (χ0n) is 21.6. The van der Waals surface area contributed by atoms with E-state index in [9.17, 15) is 26.7 Å². The van der Waals surface area contributed by atoms with E-state index in [4.69, 9.17) is 0 Å². The molecular formula is C31H26F5N3O. The Kier molecular flexibility index (Phi) is 7.47. The molecular weight excluding hydrogens is 525 g/mol. The van der Waals surface area contributed by atoms with Gasteiger partial charge in [-0.25, -0.2) is 22.0 Å². The Hall–Kier alpha value is -4.40. The zero-order chi connectivity index (χ0) is 28.4. The van der Waals surface area contributed by atoms with E-state index in [2.05, 4.69) is 5.32 Å². The van der Waals surface area contributed by atoms with E-state index in [1.807, 2.05) is 84.6 Å². The highest BCUT2D eigenvalue weighted by Crippen LogP contribution is 2.34. The summed E-state index contributed by atoms with van der Waals surface area (Å²) in [5, 5.41) is 3.02. The first kappa shape index (κ1) is 27.2. The normalized spacial score (nSPS) is 13.8. The molecule has 4 aromatic rings. The van der Waals surface area contributed by atoms with Crippen molar-refractivity contribution in [3.8, 4) is 0 Å². The number of amides is 1. The van der Waals surface area contributed by atoms with E-state index in [0.29, 0.717) is 18.8 Å². The standard InChI is InChI=1S/C31H26F5N3O/c1-31(20-8-4-2-5-9-20,21-10-6-3-7-11-21)30(40)37-22-12-14-23(15-13-22)38-16-18-39(19-17-38)29-27(35)25(33)24(32)26(34)28(29)36/h2-15H,16-19H2,1H3,(H,37,40). The fourth-order valence-electron chi connectivity index (χ4n) is 5.04. The van der Waals surface area contributed by atoms with E-state index >= 15 is 0 Å². The van der Waals surface area contributed by atoms with E-state index in [1.54, 1.807) is 12.1 Å². The average molecular weight is 552 g/mol. The van der Waals surface area contributed by atoms with Gasteiger partial charge in [-0.15, -0.1) is 0 Å². The van der Waals surface area contributed by atoms with E-state index in [1.165, 1.54) is 0 Å². The van der Waals surface area contributed by atoms with Crippen LogP contribution in [0, 0.1) is 29.1 Å². The number of benzene rings is 4. The third kappa shape index (κ3) is 4.87. The van der Waals surface area contributed by atoms with Crippen molar-refractivity contribution < 1.29 is 26.7 Å². The molecule has 1 saturated heterocycles. The first-order valence-electron chi connectivity index (χ1n) is 12.8. The van der Waals surface area contributed by atoms with E-state index in [0.717, 1.165) is 21.7 Å². The van der Waals surface area contributed by atoms with Gasteiger partial charge in [0.05, 0.1) is 5.41 Å². The van der Waals surface area contributed by atoms with Gasteiger partial charge in [-0.2, -0.15) is 0 Å². The summed E-state index contributed by atoms with van der Waals surface area (Å²) in [6.45, 7) is 2.59. The lowest BCUT2D eigenvalue weighted by atomic mass is 9.75. The highest BCUT2D eigenvalue weighted by molar-refractivity contribution is 6.01.